The van der Waals surface area contributed by atoms with Crippen LogP contribution >= 0.6 is 0 Å². The van der Waals surface area contributed by atoms with Crippen molar-refractivity contribution in [2.75, 3.05) is 19.7 Å². The summed E-state index contributed by atoms with van der Waals surface area (Å²) in [6, 6.07) is 8.53. The summed E-state index contributed by atoms with van der Waals surface area (Å²) < 4.78 is 5.44. The molecule has 2 heteroatoms. The highest BCUT2D eigenvalue weighted by Gasteiger charge is 1.96. The second-order valence-corrected chi connectivity index (χ2v) is 4.99. The Kier molecular flexibility index (Phi) is 9.17. The van der Waals surface area contributed by atoms with Crippen LogP contribution in [0.1, 0.15) is 51.5 Å². The van der Waals surface area contributed by atoms with Gasteiger partial charge in [0.25, 0.3) is 0 Å². The highest BCUT2D eigenvalue weighted by molar-refractivity contribution is 5.27. The monoisotopic (exact) mass is 263 g/mol. The first kappa shape index (κ1) is 16.0. The van der Waals surface area contributed by atoms with E-state index in [1.807, 2.05) is 6.92 Å². The summed E-state index contributed by atoms with van der Waals surface area (Å²) in [5, 5.41) is 3.45. The standard InChI is InChI=1S/C17H29NO/c1-3-14-18-15-8-6-5-7-9-16-10-12-17(13-11-16)19-4-2/h10-13,18H,3-9,14-15H2,1-2H3. The maximum atomic E-state index is 5.44. The molecule has 0 aromatic heterocycles. The molecule has 1 aromatic rings. The molecule has 0 aliphatic heterocycles. The Bertz CT molecular complexity index is 308. The fourth-order valence-electron chi connectivity index (χ4n) is 2.15. The zero-order valence-corrected chi connectivity index (χ0v) is 12.6. The molecule has 0 saturated heterocycles. The van der Waals surface area contributed by atoms with Gasteiger partial charge in [-0.15, -0.1) is 0 Å². The normalized spacial score (nSPS) is 10.6. The Morgan fingerprint density at radius 3 is 2.32 bits per heavy atom. The van der Waals surface area contributed by atoms with Crippen LogP contribution in [0.15, 0.2) is 24.3 Å². The van der Waals surface area contributed by atoms with Crippen molar-refractivity contribution in [1.82, 2.24) is 5.32 Å². The fourth-order valence-corrected chi connectivity index (χ4v) is 2.15. The van der Waals surface area contributed by atoms with Gasteiger partial charge in [0.05, 0.1) is 6.61 Å². The van der Waals surface area contributed by atoms with Gasteiger partial charge >= 0.3 is 0 Å². The van der Waals surface area contributed by atoms with Crippen molar-refractivity contribution in [2.45, 2.75) is 52.4 Å². The second kappa shape index (κ2) is 10.9. The Hall–Kier alpha value is -1.02. The number of benzene rings is 1. The van der Waals surface area contributed by atoms with Gasteiger partial charge in [-0.05, 0) is 63.4 Å². The number of aryl methyl sites for hydroxylation is 1. The Morgan fingerprint density at radius 2 is 1.63 bits per heavy atom. The van der Waals surface area contributed by atoms with Crippen molar-refractivity contribution >= 4 is 0 Å². The van der Waals surface area contributed by atoms with Crippen LogP contribution in [-0.4, -0.2) is 19.7 Å². The molecule has 2 nitrogen and oxygen atoms in total. The van der Waals surface area contributed by atoms with E-state index in [1.54, 1.807) is 0 Å². The van der Waals surface area contributed by atoms with Crippen molar-refractivity contribution in [1.29, 1.82) is 0 Å². The van der Waals surface area contributed by atoms with Crippen LogP contribution in [0.3, 0.4) is 0 Å². The molecule has 19 heavy (non-hydrogen) atoms. The smallest absolute Gasteiger partial charge is 0.119 e. The molecule has 0 amide bonds. The van der Waals surface area contributed by atoms with E-state index >= 15 is 0 Å². The largest absolute Gasteiger partial charge is 0.494 e. The number of nitrogens with one attached hydrogen (secondary N) is 1. The molecule has 0 fully saturated rings. The quantitative estimate of drug-likeness (QED) is 0.604. The maximum Gasteiger partial charge on any atom is 0.119 e. The lowest BCUT2D eigenvalue weighted by molar-refractivity contribution is 0.340. The van der Waals surface area contributed by atoms with Gasteiger partial charge in [0.15, 0.2) is 0 Å². The molecule has 0 aliphatic carbocycles. The zero-order valence-electron chi connectivity index (χ0n) is 12.6. The van der Waals surface area contributed by atoms with Gasteiger partial charge in [-0.3, -0.25) is 0 Å². The van der Waals surface area contributed by atoms with Gasteiger partial charge in [-0.1, -0.05) is 31.9 Å². The third-order valence-corrected chi connectivity index (χ3v) is 3.23. The summed E-state index contributed by atoms with van der Waals surface area (Å²) in [4.78, 5) is 0. The van der Waals surface area contributed by atoms with E-state index < -0.39 is 0 Å². The predicted octanol–water partition coefficient (Wildman–Crippen LogP) is 4.19. The second-order valence-electron chi connectivity index (χ2n) is 4.99. The van der Waals surface area contributed by atoms with Crippen molar-refractivity contribution in [3.8, 4) is 5.75 Å². The number of unbranched alkanes of at least 4 members (excludes halogenated alkanes) is 3. The van der Waals surface area contributed by atoms with Gasteiger partial charge in [0.1, 0.15) is 5.75 Å². The van der Waals surface area contributed by atoms with E-state index in [0.29, 0.717) is 0 Å². The lowest BCUT2D eigenvalue weighted by atomic mass is 10.1. The summed E-state index contributed by atoms with van der Waals surface area (Å²) in [6.07, 6.45) is 7.70. The first-order chi connectivity index (χ1) is 9.36. The third-order valence-electron chi connectivity index (χ3n) is 3.23. The molecule has 0 aliphatic rings. The SMILES string of the molecule is CCCNCCCCCCc1ccc(OCC)cc1. The van der Waals surface area contributed by atoms with Crippen molar-refractivity contribution in [2.24, 2.45) is 0 Å². The van der Waals surface area contributed by atoms with Gasteiger partial charge < -0.3 is 10.1 Å². The first-order valence-electron chi connectivity index (χ1n) is 7.79. The molecule has 1 N–H and O–H groups in total. The molecule has 0 bridgehead atoms. The molecule has 0 radical (unpaired) electrons. The van der Waals surface area contributed by atoms with Gasteiger partial charge in [-0.2, -0.15) is 0 Å². The van der Waals surface area contributed by atoms with Crippen LogP contribution in [0.5, 0.6) is 5.75 Å². The molecule has 1 aromatic carbocycles. The maximum absolute atomic E-state index is 5.44. The van der Waals surface area contributed by atoms with Gasteiger partial charge in [-0.25, -0.2) is 0 Å². The van der Waals surface area contributed by atoms with Crippen molar-refractivity contribution in [3.05, 3.63) is 29.8 Å². The summed E-state index contributed by atoms with van der Waals surface area (Å²) in [5.41, 5.74) is 1.42. The molecule has 0 heterocycles. The van der Waals surface area contributed by atoms with E-state index in [-0.39, 0.29) is 0 Å². The van der Waals surface area contributed by atoms with Crippen molar-refractivity contribution in [3.63, 3.8) is 0 Å². The van der Waals surface area contributed by atoms with Crippen LogP contribution < -0.4 is 10.1 Å². The molecule has 0 unspecified atom stereocenters. The minimum Gasteiger partial charge on any atom is -0.494 e. The first-order valence-corrected chi connectivity index (χ1v) is 7.79. The molecule has 0 saturated carbocycles. The lowest BCUT2D eigenvalue weighted by Gasteiger charge is -2.05. The minimum atomic E-state index is 0.741. The van der Waals surface area contributed by atoms with E-state index in [4.69, 9.17) is 4.74 Å². The molecular weight excluding hydrogens is 234 g/mol. The van der Waals surface area contributed by atoms with E-state index in [0.717, 1.165) is 18.9 Å². The number of hydrogen-bond donors (Lipinski definition) is 1. The van der Waals surface area contributed by atoms with E-state index in [9.17, 15) is 0 Å². The topological polar surface area (TPSA) is 21.3 Å². The average molecular weight is 263 g/mol. The summed E-state index contributed by atoms with van der Waals surface area (Å²) in [6.45, 7) is 7.31. The fraction of sp³-hybridized carbons (Fsp3) is 0.647. The van der Waals surface area contributed by atoms with Crippen LogP contribution in [0, 0.1) is 0 Å². The predicted molar refractivity (Wildman–Crippen MR) is 82.9 cm³/mol. The Balaban J connectivity index is 2.02. The lowest BCUT2D eigenvalue weighted by Crippen LogP contribution is -2.15. The van der Waals surface area contributed by atoms with Crippen LogP contribution in [0.2, 0.25) is 0 Å². The minimum absolute atomic E-state index is 0.741. The molecule has 0 atom stereocenters. The molecule has 1 rings (SSSR count). The van der Waals surface area contributed by atoms with Gasteiger partial charge in [0, 0.05) is 0 Å². The average Bonchev–Trinajstić information content (AvgIpc) is 2.44. The molecular formula is C17H29NO. The van der Waals surface area contributed by atoms with Crippen LogP contribution in [0.25, 0.3) is 0 Å². The van der Waals surface area contributed by atoms with Crippen LogP contribution in [0.4, 0.5) is 0 Å². The third kappa shape index (κ3) is 7.89. The number of ether oxygens (including phenoxy) is 1. The highest BCUT2D eigenvalue weighted by atomic mass is 16.5. The Labute approximate surface area is 118 Å². The summed E-state index contributed by atoms with van der Waals surface area (Å²) in [7, 11) is 0. The van der Waals surface area contributed by atoms with Crippen LogP contribution in [-0.2, 0) is 6.42 Å². The van der Waals surface area contributed by atoms with E-state index in [2.05, 4.69) is 36.5 Å². The van der Waals surface area contributed by atoms with Gasteiger partial charge in [0.2, 0.25) is 0 Å². The number of rotatable bonds is 11. The molecule has 0 spiro atoms. The Morgan fingerprint density at radius 1 is 0.895 bits per heavy atom. The highest BCUT2D eigenvalue weighted by Crippen LogP contribution is 2.14. The zero-order chi connectivity index (χ0) is 13.8. The summed E-state index contributed by atoms with van der Waals surface area (Å²) >= 11 is 0. The van der Waals surface area contributed by atoms with Crippen molar-refractivity contribution < 1.29 is 4.74 Å². The molecule has 108 valence electrons. The van der Waals surface area contributed by atoms with E-state index in [1.165, 1.54) is 50.6 Å². The summed E-state index contributed by atoms with van der Waals surface area (Å²) in [5.74, 6) is 0.980. The number of hydrogen-bond acceptors (Lipinski definition) is 2.